The summed E-state index contributed by atoms with van der Waals surface area (Å²) in [6.07, 6.45) is 0. The van der Waals surface area contributed by atoms with Crippen molar-refractivity contribution in [1.82, 2.24) is 15.2 Å². The summed E-state index contributed by atoms with van der Waals surface area (Å²) in [6.45, 7) is 4.78. The summed E-state index contributed by atoms with van der Waals surface area (Å²) < 4.78 is 22.2. The second kappa shape index (κ2) is 5.77. The van der Waals surface area contributed by atoms with Gasteiger partial charge in [0.15, 0.2) is 0 Å². The highest BCUT2D eigenvalue weighted by molar-refractivity contribution is 7.89. The van der Waals surface area contributed by atoms with E-state index in [0.717, 1.165) is 26.2 Å². The molecule has 0 unspecified atom stereocenters. The topological polar surface area (TPSA) is 61.4 Å². The molecule has 0 spiro atoms. The molecule has 0 aromatic rings. The van der Waals surface area contributed by atoms with E-state index in [9.17, 15) is 8.42 Å². The van der Waals surface area contributed by atoms with Crippen molar-refractivity contribution < 1.29 is 8.42 Å². The maximum Gasteiger partial charge on any atom is 0.224 e. The van der Waals surface area contributed by atoms with Crippen LogP contribution in [-0.4, -0.2) is 45.4 Å². The van der Waals surface area contributed by atoms with E-state index < -0.39 is 10.0 Å². The summed E-state index contributed by atoms with van der Waals surface area (Å²) in [5.74, 6) is 0.136. The van der Waals surface area contributed by atoms with Crippen molar-refractivity contribution in [2.45, 2.75) is 6.92 Å². The van der Waals surface area contributed by atoms with E-state index in [4.69, 9.17) is 0 Å². The van der Waals surface area contributed by atoms with Crippen LogP contribution in [0.5, 0.6) is 0 Å². The minimum atomic E-state index is -3.07. The molecular weight excluding hydrogens is 214 g/mol. The zero-order valence-electron chi connectivity index (χ0n) is 7.62. The lowest BCUT2D eigenvalue weighted by molar-refractivity contribution is 0.211. The number of hydrogen-bond acceptors (Lipinski definition) is 4. The smallest absolute Gasteiger partial charge is 0.224 e. The van der Waals surface area contributed by atoms with Gasteiger partial charge in [-0.15, -0.1) is 17.2 Å². The predicted octanol–water partition coefficient (Wildman–Crippen LogP) is -0.832. The lowest BCUT2D eigenvalue weighted by Gasteiger charge is -2.26. The van der Waals surface area contributed by atoms with Gasteiger partial charge < -0.3 is 5.32 Å². The average molecular weight is 230 g/mol. The second-order valence-electron chi connectivity index (χ2n) is 2.73. The van der Waals surface area contributed by atoms with Crippen LogP contribution in [0.25, 0.3) is 0 Å². The Kier molecular flexibility index (Phi) is 5.82. The monoisotopic (exact) mass is 229 g/mol. The summed E-state index contributed by atoms with van der Waals surface area (Å²) in [5, 5.41) is 4.87. The maximum atomic E-state index is 11.1. The van der Waals surface area contributed by atoms with Crippen molar-refractivity contribution in [3.05, 3.63) is 0 Å². The lowest BCUT2D eigenvalue weighted by atomic mass is 10.4. The first kappa shape index (κ1) is 13.1. The molecule has 0 bridgehead atoms. The molecule has 5 nitrogen and oxygen atoms in total. The van der Waals surface area contributed by atoms with E-state index in [2.05, 4.69) is 10.1 Å². The highest BCUT2D eigenvalue weighted by Crippen LogP contribution is 1.91. The van der Waals surface area contributed by atoms with Crippen LogP contribution < -0.4 is 10.1 Å². The SMILES string of the molecule is CCS(=O)(=O)NN1CCNCC1.Cl. The third-order valence-electron chi connectivity index (χ3n) is 1.77. The molecule has 0 aromatic carbocycles. The van der Waals surface area contributed by atoms with Gasteiger partial charge in [-0.2, -0.15) is 0 Å². The standard InChI is InChI=1S/C6H15N3O2S.ClH/c1-2-12(10,11)8-9-5-3-7-4-6-9;/h7-8H,2-6H2,1H3;1H. The van der Waals surface area contributed by atoms with Crippen molar-refractivity contribution in [2.75, 3.05) is 31.9 Å². The summed E-state index contributed by atoms with van der Waals surface area (Å²) in [5.41, 5.74) is 0. The van der Waals surface area contributed by atoms with Gasteiger partial charge in [0.1, 0.15) is 0 Å². The predicted molar refractivity (Wildman–Crippen MR) is 54.3 cm³/mol. The molecule has 1 rings (SSSR count). The molecule has 0 aromatic heterocycles. The summed E-state index contributed by atoms with van der Waals surface area (Å²) in [7, 11) is -3.07. The van der Waals surface area contributed by atoms with Crippen LogP contribution in [0.15, 0.2) is 0 Å². The number of rotatable bonds is 3. The molecule has 7 heteroatoms. The Bertz CT molecular complexity index is 226. The second-order valence-corrected chi connectivity index (χ2v) is 4.72. The number of halogens is 1. The molecule has 0 amide bonds. The van der Waals surface area contributed by atoms with Gasteiger partial charge in [0, 0.05) is 26.2 Å². The van der Waals surface area contributed by atoms with E-state index in [-0.39, 0.29) is 18.2 Å². The van der Waals surface area contributed by atoms with E-state index in [1.165, 1.54) is 0 Å². The Morgan fingerprint density at radius 1 is 1.38 bits per heavy atom. The molecule has 0 atom stereocenters. The Morgan fingerprint density at radius 2 is 1.92 bits per heavy atom. The molecule has 1 aliphatic heterocycles. The molecule has 1 fully saturated rings. The quantitative estimate of drug-likeness (QED) is 0.663. The van der Waals surface area contributed by atoms with Crippen LogP contribution in [0.2, 0.25) is 0 Å². The van der Waals surface area contributed by atoms with Crippen LogP contribution in [0.1, 0.15) is 6.92 Å². The summed E-state index contributed by atoms with van der Waals surface area (Å²) in [6, 6.07) is 0. The number of nitrogens with one attached hydrogen (secondary N) is 2. The van der Waals surface area contributed by atoms with E-state index >= 15 is 0 Å². The van der Waals surface area contributed by atoms with Crippen molar-refractivity contribution in [2.24, 2.45) is 0 Å². The molecule has 2 N–H and O–H groups in total. The Labute approximate surface area is 85.3 Å². The fourth-order valence-electron chi connectivity index (χ4n) is 1.02. The highest BCUT2D eigenvalue weighted by atomic mass is 35.5. The Hall–Kier alpha value is 0.120. The van der Waals surface area contributed by atoms with Crippen molar-refractivity contribution >= 4 is 22.4 Å². The van der Waals surface area contributed by atoms with Crippen LogP contribution in [0, 0.1) is 0 Å². The van der Waals surface area contributed by atoms with Crippen LogP contribution in [0.4, 0.5) is 0 Å². The summed E-state index contributed by atoms with van der Waals surface area (Å²) >= 11 is 0. The van der Waals surface area contributed by atoms with Gasteiger partial charge in [0.05, 0.1) is 5.75 Å². The summed E-state index contributed by atoms with van der Waals surface area (Å²) in [4.78, 5) is 2.51. The van der Waals surface area contributed by atoms with Crippen molar-refractivity contribution in [3.8, 4) is 0 Å². The average Bonchev–Trinajstić information content (AvgIpc) is 2.06. The first-order chi connectivity index (χ1) is 5.64. The van der Waals surface area contributed by atoms with Gasteiger partial charge in [-0.1, -0.05) is 0 Å². The lowest BCUT2D eigenvalue weighted by Crippen LogP contribution is -2.52. The first-order valence-corrected chi connectivity index (χ1v) is 5.75. The molecule has 1 heterocycles. The van der Waals surface area contributed by atoms with Crippen LogP contribution in [-0.2, 0) is 10.0 Å². The minimum absolute atomic E-state index is 0. The number of hydrazine groups is 1. The number of nitrogens with zero attached hydrogens (tertiary/aromatic N) is 1. The Morgan fingerprint density at radius 3 is 2.38 bits per heavy atom. The largest absolute Gasteiger partial charge is 0.314 e. The van der Waals surface area contributed by atoms with E-state index in [1.54, 1.807) is 11.9 Å². The number of piperazine rings is 1. The minimum Gasteiger partial charge on any atom is -0.314 e. The fraction of sp³-hybridized carbons (Fsp3) is 1.00. The molecule has 0 radical (unpaired) electrons. The molecule has 0 aliphatic carbocycles. The fourth-order valence-corrected chi connectivity index (χ4v) is 1.72. The van der Waals surface area contributed by atoms with Crippen molar-refractivity contribution in [1.29, 1.82) is 0 Å². The van der Waals surface area contributed by atoms with Gasteiger partial charge in [0.2, 0.25) is 10.0 Å². The Balaban J connectivity index is 0.00000144. The number of hydrogen-bond donors (Lipinski definition) is 2. The maximum absolute atomic E-state index is 11.1. The molecule has 1 aliphatic rings. The third kappa shape index (κ3) is 4.78. The molecule has 80 valence electrons. The van der Waals surface area contributed by atoms with Gasteiger partial charge in [0.25, 0.3) is 0 Å². The zero-order chi connectivity index (χ0) is 9.03. The first-order valence-electron chi connectivity index (χ1n) is 4.10. The normalized spacial score (nSPS) is 19.5. The molecule has 13 heavy (non-hydrogen) atoms. The van der Waals surface area contributed by atoms with Gasteiger partial charge >= 0.3 is 0 Å². The van der Waals surface area contributed by atoms with Gasteiger partial charge in [-0.3, -0.25) is 0 Å². The van der Waals surface area contributed by atoms with Gasteiger partial charge in [-0.25, -0.2) is 13.4 Å². The highest BCUT2D eigenvalue weighted by Gasteiger charge is 2.14. The molecular formula is C6H16ClN3O2S. The zero-order valence-corrected chi connectivity index (χ0v) is 9.25. The van der Waals surface area contributed by atoms with Crippen LogP contribution in [0.3, 0.4) is 0 Å². The van der Waals surface area contributed by atoms with E-state index in [1.807, 2.05) is 0 Å². The third-order valence-corrected chi connectivity index (χ3v) is 3.06. The van der Waals surface area contributed by atoms with Crippen LogP contribution >= 0.6 is 12.4 Å². The number of sulfonamides is 1. The van der Waals surface area contributed by atoms with E-state index in [0.29, 0.717) is 0 Å². The van der Waals surface area contributed by atoms with Gasteiger partial charge in [-0.05, 0) is 6.92 Å². The van der Waals surface area contributed by atoms with Crippen molar-refractivity contribution in [3.63, 3.8) is 0 Å². The molecule has 0 saturated carbocycles. The molecule has 1 saturated heterocycles.